The Labute approximate surface area is 208 Å². The van der Waals surface area contributed by atoms with Gasteiger partial charge in [0.25, 0.3) is 0 Å². The lowest BCUT2D eigenvalue weighted by Crippen LogP contribution is -2.37. The van der Waals surface area contributed by atoms with Crippen molar-refractivity contribution in [1.29, 1.82) is 0 Å². The van der Waals surface area contributed by atoms with E-state index in [1.54, 1.807) is 0 Å². The van der Waals surface area contributed by atoms with E-state index >= 15 is 0 Å². The van der Waals surface area contributed by atoms with Crippen molar-refractivity contribution in [3.05, 3.63) is 59.4 Å². The molecule has 6 heteroatoms. The van der Waals surface area contributed by atoms with Crippen molar-refractivity contribution in [2.24, 2.45) is 18.4 Å². The first-order valence-corrected chi connectivity index (χ1v) is 13.3. The van der Waals surface area contributed by atoms with Crippen molar-refractivity contribution in [3.63, 3.8) is 0 Å². The number of amides is 1. The number of hydrogen-bond acceptors (Lipinski definition) is 4. The number of hydrogen-bond donors (Lipinski definition) is 1. The number of fused-ring (bicyclic) bond motifs is 2. The molecule has 1 atom stereocenters. The number of aromatic nitrogens is 2. The van der Waals surface area contributed by atoms with Crippen LogP contribution >= 0.6 is 0 Å². The van der Waals surface area contributed by atoms with Gasteiger partial charge in [0.2, 0.25) is 5.91 Å². The van der Waals surface area contributed by atoms with Gasteiger partial charge in [0.05, 0.1) is 11.0 Å². The second kappa shape index (κ2) is 8.98. The fraction of sp³-hybridized carbons (Fsp3) is 0.517. The first-order chi connectivity index (χ1) is 17.0. The van der Waals surface area contributed by atoms with E-state index in [0.29, 0.717) is 6.54 Å². The third kappa shape index (κ3) is 4.33. The zero-order chi connectivity index (χ0) is 24.0. The molecule has 6 rings (SSSR count). The SMILES string of the molecule is CN1CCCc2cc(CN3CCC4(CC3)C[C@H]4C(=O)NCCc3nc4ccccc4n3C)ccc21. The van der Waals surface area contributed by atoms with Crippen LogP contribution in [0.1, 0.15) is 42.6 Å². The van der Waals surface area contributed by atoms with Crippen molar-refractivity contribution in [1.82, 2.24) is 19.8 Å². The molecule has 1 amide bonds. The molecule has 6 nitrogen and oxygen atoms in total. The summed E-state index contributed by atoms with van der Waals surface area (Å²) in [7, 11) is 4.25. The van der Waals surface area contributed by atoms with Gasteiger partial charge in [0.15, 0.2) is 0 Å². The van der Waals surface area contributed by atoms with Crippen molar-refractivity contribution in [3.8, 4) is 0 Å². The zero-order valence-corrected chi connectivity index (χ0v) is 21.1. The monoisotopic (exact) mass is 471 g/mol. The highest BCUT2D eigenvalue weighted by atomic mass is 16.2. The van der Waals surface area contributed by atoms with Crippen LogP contribution in [0.15, 0.2) is 42.5 Å². The standard InChI is InChI=1S/C29H37N5O/c1-32-15-5-6-22-18-21(9-10-25(22)32)20-34-16-12-29(13-17-34)19-23(29)28(35)30-14-11-27-31-24-7-3-4-8-26(24)33(27)2/h3-4,7-10,18,23H,5-6,11-17,19-20H2,1-2H3,(H,30,35)/t23-/m0/s1. The van der Waals surface area contributed by atoms with E-state index in [2.05, 4.69) is 58.0 Å². The molecule has 2 aliphatic heterocycles. The van der Waals surface area contributed by atoms with Crippen LogP contribution in [0.4, 0.5) is 5.69 Å². The van der Waals surface area contributed by atoms with Crippen molar-refractivity contribution < 1.29 is 4.79 Å². The molecule has 1 saturated carbocycles. The molecular weight excluding hydrogens is 434 g/mol. The highest BCUT2D eigenvalue weighted by Gasteiger charge is 2.58. The molecule has 1 aliphatic carbocycles. The molecular formula is C29H37N5O. The molecule has 1 saturated heterocycles. The van der Waals surface area contributed by atoms with E-state index in [0.717, 1.165) is 68.7 Å². The van der Waals surface area contributed by atoms with Crippen LogP contribution in [0, 0.1) is 11.3 Å². The molecule has 1 aromatic heterocycles. The summed E-state index contributed by atoms with van der Waals surface area (Å²) in [5.74, 6) is 1.47. The van der Waals surface area contributed by atoms with E-state index in [4.69, 9.17) is 4.98 Å². The number of aryl methyl sites for hydroxylation is 2. The summed E-state index contributed by atoms with van der Waals surface area (Å²) in [4.78, 5) is 22.6. The molecule has 0 bridgehead atoms. The summed E-state index contributed by atoms with van der Waals surface area (Å²) in [6.07, 6.45) is 6.56. The largest absolute Gasteiger partial charge is 0.374 e. The highest BCUT2D eigenvalue weighted by Crippen LogP contribution is 2.59. The number of nitrogens with zero attached hydrogens (tertiary/aromatic N) is 4. The van der Waals surface area contributed by atoms with Crippen LogP contribution in [-0.2, 0) is 31.2 Å². The second-order valence-corrected chi connectivity index (χ2v) is 11.0. The van der Waals surface area contributed by atoms with Gasteiger partial charge < -0.3 is 14.8 Å². The van der Waals surface area contributed by atoms with Gasteiger partial charge in [-0.1, -0.05) is 24.3 Å². The summed E-state index contributed by atoms with van der Waals surface area (Å²) in [6.45, 7) is 5.04. The lowest BCUT2D eigenvalue weighted by atomic mass is 9.90. The number of nitrogens with one attached hydrogen (secondary N) is 1. The maximum Gasteiger partial charge on any atom is 0.223 e. The van der Waals surface area contributed by atoms with Crippen LogP contribution in [0.5, 0.6) is 0 Å². The molecule has 3 aromatic rings. The fourth-order valence-electron chi connectivity index (χ4n) is 6.46. The average Bonchev–Trinajstić information content (AvgIpc) is 3.48. The number of anilines is 1. The Kier molecular flexibility index (Phi) is 5.79. The van der Waals surface area contributed by atoms with Crippen LogP contribution in [-0.4, -0.2) is 53.6 Å². The summed E-state index contributed by atoms with van der Waals surface area (Å²) < 4.78 is 2.14. The van der Waals surface area contributed by atoms with Gasteiger partial charge in [-0.15, -0.1) is 0 Å². The number of carbonyl (C=O) groups is 1. The van der Waals surface area contributed by atoms with Crippen LogP contribution in [0.2, 0.25) is 0 Å². The summed E-state index contributed by atoms with van der Waals surface area (Å²) in [6, 6.07) is 15.2. The molecule has 1 N–H and O–H groups in total. The molecule has 0 radical (unpaired) electrons. The lowest BCUT2D eigenvalue weighted by Gasteiger charge is -2.33. The fourth-order valence-corrected chi connectivity index (χ4v) is 6.46. The van der Waals surface area contributed by atoms with Crippen molar-refractivity contribution in [2.75, 3.05) is 38.1 Å². The molecule has 2 fully saturated rings. The minimum atomic E-state index is 0.198. The summed E-state index contributed by atoms with van der Waals surface area (Å²) in [5.41, 5.74) is 6.75. The first-order valence-electron chi connectivity index (χ1n) is 13.3. The molecule has 0 unspecified atom stereocenters. The minimum Gasteiger partial charge on any atom is -0.374 e. The Hall–Kier alpha value is -2.86. The van der Waals surface area contributed by atoms with Gasteiger partial charge in [-0.05, 0) is 79.9 Å². The number of rotatable bonds is 6. The Morgan fingerprint density at radius 1 is 1.11 bits per heavy atom. The third-order valence-electron chi connectivity index (χ3n) is 8.79. The Morgan fingerprint density at radius 3 is 2.77 bits per heavy atom. The Bertz CT molecular complexity index is 1240. The molecule has 3 heterocycles. The summed E-state index contributed by atoms with van der Waals surface area (Å²) in [5, 5.41) is 3.21. The predicted octanol–water partition coefficient (Wildman–Crippen LogP) is 3.92. The Balaban J connectivity index is 0.979. The molecule has 1 spiro atoms. The van der Waals surface area contributed by atoms with E-state index in [1.807, 2.05) is 18.2 Å². The first kappa shape index (κ1) is 22.6. The normalized spacial score (nSPS) is 21.3. The highest BCUT2D eigenvalue weighted by molar-refractivity contribution is 5.82. The predicted molar refractivity (Wildman–Crippen MR) is 141 cm³/mol. The average molecular weight is 472 g/mol. The van der Waals surface area contributed by atoms with E-state index in [1.165, 1.54) is 29.7 Å². The molecule has 3 aliphatic rings. The number of likely N-dealkylation sites (tertiary alicyclic amines) is 1. The van der Waals surface area contributed by atoms with Gasteiger partial charge in [-0.2, -0.15) is 0 Å². The van der Waals surface area contributed by atoms with E-state index < -0.39 is 0 Å². The van der Waals surface area contributed by atoms with Crippen molar-refractivity contribution >= 4 is 22.6 Å². The van der Waals surface area contributed by atoms with Gasteiger partial charge >= 0.3 is 0 Å². The maximum atomic E-state index is 12.9. The smallest absolute Gasteiger partial charge is 0.223 e. The lowest BCUT2D eigenvalue weighted by molar-refractivity contribution is -0.123. The number of piperidine rings is 1. The number of imidazole rings is 1. The third-order valence-corrected chi connectivity index (χ3v) is 8.79. The van der Waals surface area contributed by atoms with Gasteiger partial charge in [-0.3, -0.25) is 9.69 Å². The van der Waals surface area contributed by atoms with Gasteiger partial charge in [0.1, 0.15) is 5.82 Å². The van der Waals surface area contributed by atoms with Gasteiger partial charge in [0, 0.05) is 51.8 Å². The molecule has 184 valence electrons. The molecule has 2 aromatic carbocycles. The topological polar surface area (TPSA) is 53.4 Å². The van der Waals surface area contributed by atoms with Gasteiger partial charge in [-0.25, -0.2) is 4.98 Å². The minimum absolute atomic E-state index is 0.198. The van der Waals surface area contributed by atoms with Crippen LogP contribution in [0.25, 0.3) is 11.0 Å². The summed E-state index contributed by atoms with van der Waals surface area (Å²) >= 11 is 0. The van der Waals surface area contributed by atoms with Crippen LogP contribution < -0.4 is 10.2 Å². The van der Waals surface area contributed by atoms with Crippen LogP contribution in [0.3, 0.4) is 0 Å². The quantitative estimate of drug-likeness (QED) is 0.592. The van der Waals surface area contributed by atoms with Crippen molar-refractivity contribution in [2.45, 2.75) is 45.1 Å². The van der Waals surface area contributed by atoms with E-state index in [-0.39, 0.29) is 17.2 Å². The number of carbonyl (C=O) groups excluding carboxylic acids is 1. The maximum absolute atomic E-state index is 12.9. The number of para-hydroxylation sites is 2. The van der Waals surface area contributed by atoms with E-state index in [9.17, 15) is 4.79 Å². The second-order valence-electron chi connectivity index (χ2n) is 11.0. The zero-order valence-electron chi connectivity index (χ0n) is 21.1. The Morgan fingerprint density at radius 2 is 1.94 bits per heavy atom. The molecule has 35 heavy (non-hydrogen) atoms. The number of benzene rings is 2.